The first-order valence-electron chi connectivity index (χ1n) is 11.1. The van der Waals surface area contributed by atoms with Gasteiger partial charge in [-0.2, -0.15) is 0 Å². The van der Waals surface area contributed by atoms with Gasteiger partial charge in [-0.05, 0) is 47.4 Å². The number of hydrogen-bond donors (Lipinski definition) is 0. The number of benzene rings is 2. The first-order chi connectivity index (χ1) is 13.7. The van der Waals surface area contributed by atoms with Crippen molar-refractivity contribution in [1.29, 1.82) is 0 Å². The van der Waals surface area contributed by atoms with Crippen LogP contribution >= 0.6 is 0 Å². The lowest BCUT2D eigenvalue weighted by atomic mass is 9.98. The van der Waals surface area contributed by atoms with Gasteiger partial charge in [0, 0.05) is 0 Å². The maximum Gasteiger partial charge on any atom is 0.193 e. The predicted octanol–water partition coefficient (Wildman–Crippen LogP) is 8.51. The third kappa shape index (κ3) is 5.94. The van der Waals surface area contributed by atoms with Crippen LogP contribution in [0.2, 0.25) is 36.3 Å². The summed E-state index contributed by atoms with van der Waals surface area (Å²) in [5, 5.41) is 0.247. The van der Waals surface area contributed by atoms with Crippen LogP contribution in [-0.2, 0) is 8.85 Å². The minimum Gasteiger partial charge on any atom is -0.407 e. The minimum absolute atomic E-state index is 0.123. The fourth-order valence-electron chi connectivity index (χ4n) is 2.88. The lowest BCUT2D eigenvalue weighted by molar-refractivity contribution is 0.0333. The van der Waals surface area contributed by atoms with Crippen molar-refractivity contribution in [2.75, 3.05) is 0 Å². The summed E-state index contributed by atoms with van der Waals surface area (Å²) in [5.74, 6) is 0. The Bertz CT molecular complexity index is 718. The zero-order valence-electron chi connectivity index (χ0n) is 20.7. The molecular weight excluding hydrogens is 400 g/mol. The third-order valence-corrected chi connectivity index (χ3v) is 15.9. The van der Waals surface area contributed by atoms with E-state index in [9.17, 15) is 0 Å². The number of rotatable bonds is 7. The zero-order chi connectivity index (χ0) is 22.8. The SMILES string of the molecule is CC(C)(C)[Si](C)(C)O[C@@H](c1ccccc1)[C@@H](O[Si](C)(C)C(C)(C)C)c1ccccc1. The molecule has 0 aromatic heterocycles. The van der Waals surface area contributed by atoms with Crippen LogP contribution in [0.5, 0.6) is 0 Å². The molecule has 2 aromatic rings. The van der Waals surface area contributed by atoms with E-state index in [0.717, 1.165) is 0 Å². The first kappa shape index (κ1) is 25.1. The van der Waals surface area contributed by atoms with Crippen molar-refractivity contribution in [3.05, 3.63) is 71.8 Å². The Balaban J connectivity index is 2.61. The quantitative estimate of drug-likeness (QED) is 0.400. The molecule has 4 heteroatoms. The summed E-state index contributed by atoms with van der Waals surface area (Å²) in [5.41, 5.74) is 2.38. The summed E-state index contributed by atoms with van der Waals surface area (Å²) in [6.07, 6.45) is -0.271. The second-order valence-corrected chi connectivity index (χ2v) is 20.9. The maximum atomic E-state index is 7.10. The van der Waals surface area contributed by atoms with E-state index >= 15 is 0 Å². The average Bonchev–Trinajstić information content (AvgIpc) is 2.64. The molecule has 2 atom stereocenters. The molecule has 2 nitrogen and oxygen atoms in total. The van der Waals surface area contributed by atoms with E-state index in [0.29, 0.717) is 0 Å². The highest BCUT2D eigenvalue weighted by Crippen LogP contribution is 2.47. The van der Waals surface area contributed by atoms with Crippen LogP contribution in [0.15, 0.2) is 60.7 Å². The Kier molecular flexibility index (Phi) is 7.61. The smallest absolute Gasteiger partial charge is 0.193 e. The van der Waals surface area contributed by atoms with E-state index in [2.05, 4.69) is 128 Å². The van der Waals surface area contributed by atoms with Gasteiger partial charge in [0.25, 0.3) is 0 Å². The highest BCUT2D eigenvalue weighted by Gasteiger charge is 2.45. The topological polar surface area (TPSA) is 18.5 Å². The summed E-state index contributed by atoms with van der Waals surface area (Å²) in [6.45, 7) is 23.1. The molecule has 0 bridgehead atoms. The molecule has 166 valence electrons. The summed E-state index contributed by atoms with van der Waals surface area (Å²) >= 11 is 0. The largest absolute Gasteiger partial charge is 0.407 e. The van der Waals surface area contributed by atoms with Gasteiger partial charge >= 0.3 is 0 Å². The van der Waals surface area contributed by atoms with Crippen LogP contribution in [0.4, 0.5) is 0 Å². The van der Waals surface area contributed by atoms with Crippen LogP contribution in [0.1, 0.15) is 64.9 Å². The van der Waals surface area contributed by atoms with Crippen LogP contribution in [-0.4, -0.2) is 16.6 Å². The van der Waals surface area contributed by atoms with Crippen molar-refractivity contribution in [3.8, 4) is 0 Å². The maximum absolute atomic E-state index is 7.10. The molecule has 0 saturated heterocycles. The third-order valence-electron chi connectivity index (χ3n) is 6.99. The molecule has 0 aliphatic heterocycles. The van der Waals surface area contributed by atoms with Gasteiger partial charge in [0.05, 0.1) is 12.2 Å². The van der Waals surface area contributed by atoms with Crippen molar-refractivity contribution >= 4 is 16.6 Å². The van der Waals surface area contributed by atoms with Crippen LogP contribution < -0.4 is 0 Å². The van der Waals surface area contributed by atoms with Gasteiger partial charge in [-0.25, -0.2) is 0 Å². The van der Waals surface area contributed by atoms with E-state index in [1.807, 2.05) is 0 Å². The predicted molar refractivity (Wildman–Crippen MR) is 135 cm³/mol. The molecule has 0 amide bonds. The van der Waals surface area contributed by atoms with E-state index < -0.39 is 16.6 Å². The molecule has 0 heterocycles. The van der Waals surface area contributed by atoms with Gasteiger partial charge in [0.15, 0.2) is 16.6 Å². The highest BCUT2D eigenvalue weighted by molar-refractivity contribution is 6.74. The summed E-state index contributed by atoms with van der Waals surface area (Å²) < 4.78 is 14.2. The molecule has 30 heavy (non-hydrogen) atoms. The first-order valence-corrected chi connectivity index (χ1v) is 16.9. The molecule has 0 N–H and O–H groups in total. The van der Waals surface area contributed by atoms with Crippen molar-refractivity contribution in [3.63, 3.8) is 0 Å². The normalized spacial score (nSPS) is 15.7. The van der Waals surface area contributed by atoms with Gasteiger partial charge in [-0.15, -0.1) is 0 Å². The standard InChI is InChI=1S/C26H42O2Si2/c1-25(2,3)29(7,8)27-23(21-17-13-11-14-18-21)24(22-19-15-12-16-20-22)28-30(9,10)26(4,5)6/h11-20,23-24H,1-10H3/t23-,24-/m0/s1. The minimum atomic E-state index is -2.03. The summed E-state index contributed by atoms with van der Waals surface area (Å²) in [4.78, 5) is 0. The zero-order valence-corrected chi connectivity index (χ0v) is 22.7. The molecule has 0 radical (unpaired) electrons. The molecule has 0 aliphatic carbocycles. The Hall–Kier alpha value is -1.21. The lowest BCUT2D eigenvalue weighted by Gasteiger charge is -2.45. The van der Waals surface area contributed by atoms with Crippen LogP contribution in [0.25, 0.3) is 0 Å². The molecule has 0 unspecified atom stereocenters. The van der Waals surface area contributed by atoms with Gasteiger partial charge in [-0.3, -0.25) is 0 Å². The molecule has 0 fully saturated rings. The van der Waals surface area contributed by atoms with Crippen molar-refractivity contribution in [2.24, 2.45) is 0 Å². The Morgan fingerprint density at radius 2 is 0.800 bits per heavy atom. The summed E-state index contributed by atoms with van der Waals surface area (Å²) in [7, 11) is -4.06. The fraction of sp³-hybridized carbons (Fsp3) is 0.538. The molecule has 0 saturated carbocycles. The molecule has 0 aliphatic rings. The van der Waals surface area contributed by atoms with Crippen molar-refractivity contribution in [2.45, 2.75) is 90.0 Å². The molecule has 2 rings (SSSR count). The van der Waals surface area contributed by atoms with Gasteiger partial charge in [0.2, 0.25) is 0 Å². The van der Waals surface area contributed by atoms with E-state index in [1.165, 1.54) is 11.1 Å². The second-order valence-electron chi connectivity index (χ2n) is 11.4. The van der Waals surface area contributed by atoms with E-state index in [4.69, 9.17) is 8.85 Å². The van der Waals surface area contributed by atoms with Crippen LogP contribution in [0.3, 0.4) is 0 Å². The molecule has 0 spiro atoms. The monoisotopic (exact) mass is 442 g/mol. The van der Waals surface area contributed by atoms with Crippen molar-refractivity contribution in [1.82, 2.24) is 0 Å². The summed E-state index contributed by atoms with van der Waals surface area (Å²) in [6, 6.07) is 21.3. The Labute approximate surface area is 187 Å². The van der Waals surface area contributed by atoms with Gasteiger partial charge < -0.3 is 8.85 Å². The average molecular weight is 443 g/mol. The number of hydrogen-bond acceptors (Lipinski definition) is 2. The second kappa shape index (κ2) is 9.11. The Morgan fingerprint density at radius 3 is 1.03 bits per heavy atom. The Morgan fingerprint density at radius 1 is 0.533 bits per heavy atom. The molecular formula is C26H42O2Si2. The van der Waals surface area contributed by atoms with Crippen LogP contribution in [0, 0.1) is 0 Å². The van der Waals surface area contributed by atoms with Gasteiger partial charge in [-0.1, -0.05) is 102 Å². The van der Waals surface area contributed by atoms with Crippen molar-refractivity contribution < 1.29 is 8.85 Å². The van der Waals surface area contributed by atoms with E-state index in [-0.39, 0.29) is 22.3 Å². The molecule has 2 aromatic carbocycles. The highest BCUT2D eigenvalue weighted by atomic mass is 28.4. The van der Waals surface area contributed by atoms with Gasteiger partial charge in [0.1, 0.15) is 0 Å². The lowest BCUT2D eigenvalue weighted by Crippen LogP contribution is -2.46. The fourth-order valence-corrected chi connectivity index (χ4v) is 5.38. The van der Waals surface area contributed by atoms with E-state index in [1.54, 1.807) is 0 Å².